The third-order valence-electron chi connectivity index (χ3n) is 11.5. The molecule has 0 amide bonds. The second-order valence-electron chi connectivity index (χ2n) is 15.5. The number of benzene rings is 6. The SMILES string of the molecule is CCc1ccc(Cn2cc(C3(O)C[C@H](COCc4ccccc4)[C@@H](OCc4ccccc4)[C@H](OCc4ccccc4)[C@H]3OCc3ccccc3)c3ccccc32)cc1. The highest BCUT2D eigenvalue weighted by atomic mass is 16.6. The molecule has 6 nitrogen and oxygen atoms in total. The van der Waals surface area contributed by atoms with E-state index in [9.17, 15) is 5.11 Å². The highest BCUT2D eigenvalue weighted by Crippen LogP contribution is 2.48. The summed E-state index contributed by atoms with van der Waals surface area (Å²) >= 11 is 0. The Hall–Kier alpha value is -5.34. The minimum absolute atomic E-state index is 0.251. The van der Waals surface area contributed by atoms with E-state index in [1.165, 1.54) is 11.1 Å². The number of aromatic nitrogens is 1. The van der Waals surface area contributed by atoms with Crippen LogP contribution >= 0.6 is 0 Å². The van der Waals surface area contributed by atoms with Crippen molar-refractivity contribution in [2.75, 3.05) is 6.61 Å². The van der Waals surface area contributed by atoms with Gasteiger partial charge in [-0.25, -0.2) is 0 Å². The van der Waals surface area contributed by atoms with Crippen molar-refractivity contribution in [1.82, 2.24) is 4.57 Å². The molecule has 7 aromatic rings. The molecule has 1 heterocycles. The molecule has 6 aromatic carbocycles. The van der Waals surface area contributed by atoms with Crippen molar-refractivity contribution in [2.45, 2.75) is 76.7 Å². The monoisotopic (exact) mass is 771 g/mol. The number of aliphatic hydroxyl groups is 1. The Labute approximate surface area is 342 Å². The maximum absolute atomic E-state index is 13.8. The van der Waals surface area contributed by atoms with Gasteiger partial charge in [0, 0.05) is 35.1 Å². The number of fused-ring (bicyclic) bond motifs is 1. The molecular weight excluding hydrogens is 719 g/mol. The van der Waals surface area contributed by atoms with E-state index in [0.717, 1.165) is 45.1 Å². The van der Waals surface area contributed by atoms with Crippen LogP contribution in [0.1, 0.15) is 52.3 Å². The summed E-state index contributed by atoms with van der Waals surface area (Å²) in [5.74, 6) is -0.251. The molecule has 0 saturated heterocycles. The molecule has 5 atom stereocenters. The lowest BCUT2D eigenvalue weighted by Crippen LogP contribution is -2.62. The third-order valence-corrected chi connectivity index (χ3v) is 11.5. The van der Waals surface area contributed by atoms with Crippen LogP contribution in [0.2, 0.25) is 0 Å². The van der Waals surface area contributed by atoms with Gasteiger partial charge >= 0.3 is 0 Å². The number of aryl methyl sites for hydroxylation is 1. The van der Waals surface area contributed by atoms with Gasteiger partial charge in [0.15, 0.2) is 0 Å². The number of rotatable bonds is 17. The molecule has 1 aliphatic rings. The van der Waals surface area contributed by atoms with Crippen molar-refractivity contribution in [2.24, 2.45) is 5.92 Å². The maximum atomic E-state index is 13.8. The van der Waals surface area contributed by atoms with Crippen molar-refractivity contribution >= 4 is 10.9 Å². The Kier molecular flexibility index (Phi) is 12.9. The van der Waals surface area contributed by atoms with Crippen molar-refractivity contribution < 1.29 is 24.1 Å². The summed E-state index contributed by atoms with van der Waals surface area (Å²) in [4.78, 5) is 0. The molecule has 58 heavy (non-hydrogen) atoms. The van der Waals surface area contributed by atoms with Crippen LogP contribution in [0.15, 0.2) is 176 Å². The van der Waals surface area contributed by atoms with Gasteiger partial charge in [0.05, 0.1) is 39.1 Å². The maximum Gasteiger partial charge on any atom is 0.121 e. The van der Waals surface area contributed by atoms with Gasteiger partial charge in [-0.15, -0.1) is 0 Å². The van der Waals surface area contributed by atoms with Crippen LogP contribution in [0.5, 0.6) is 0 Å². The van der Waals surface area contributed by atoms with Gasteiger partial charge in [-0.3, -0.25) is 0 Å². The number of ether oxygens (including phenoxy) is 4. The normalized spacial score (nSPS) is 20.7. The Morgan fingerprint density at radius 2 is 1.02 bits per heavy atom. The van der Waals surface area contributed by atoms with Gasteiger partial charge < -0.3 is 28.6 Å². The second-order valence-corrected chi connectivity index (χ2v) is 15.5. The molecular formula is C52H53NO5. The summed E-state index contributed by atoms with van der Waals surface area (Å²) in [6.45, 7) is 4.64. The zero-order valence-corrected chi connectivity index (χ0v) is 33.2. The van der Waals surface area contributed by atoms with E-state index in [4.69, 9.17) is 18.9 Å². The Bertz CT molecular complexity index is 2300. The van der Waals surface area contributed by atoms with Gasteiger partial charge in [-0.1, -0.05) is 171 Å². The fourth-order valence-corrected chi connectivity index (χ4v) is 8.40. The van der Waals surface area contributed by atoms with E-state index in [1.54, 1.807) is 0 Å². The predicted molar refractivity (Wildman–Crippen MR) is 230 cm³/mol. The molecule has 296 valence electrons. The zero-order chi connectivity index (χ0) is 39.6. The molecule has 1 fully saturated rings. The minimum atomic E-state index is -1.49. The standard InChI is InChI=1S/C52H53NO5/c1-2-39-27-29-40(30-28-39)32-53-33-47(46-25-15-16-26-48(46)53)52(54)31-45(38-55-34-41-17-7-3-8-18-41)49(56-35-42-19-9-4-10-20-42)50(57-36-43-21-11-5-12-22-43)51(52)58-37-44-23-13-6-14-24-44/h3-30,33,45,49-51,54H,2,31-32,34-38H2,1H3/t45-,49-,50+,51-,52?/m1/s1. The summed E-state index contributed by atoms with van der Waals surface area (Å²) in [6.07, 6.45) is 1.54. The Balaban J connectivity index is 1.23. The van der Waals surface area contributed by atoms with Crippen LogP contribution in [0.25, 0.3) is 10.9 Å². The summed E-state index contributed by atoms with van der Waals surface area (Å²) in [7, 11) is 0. The summed E-state index contributed by atoms with van der Waals surface area (Å²) in [5.41, 5.74) is 7.08. The first-order valence-corrected chi connectivity index (χ1v) is 20.5. The van der Waals surface area contributed by atoms with Crippen LogP contribution in [-0.4, -0.2) is 34.6 Å². The number of para-hydroxylation sites is 1. The molecule has 1 unspecified atom stereocenters. The molecule has 6 heteroatoms. The van der Waals surface area contributed by atoms with Crippen molar-refractivity contribution in [3.63, 3.8) is 0 Å². The third kappa shape index (κ3) is 9.34. The van der Waals surface area contributed by atoms with Gasteiger partial charge in [-0.05, 0) is 52.3 Å². The van der Waals surface area contributed by atoms with Crippen molar-refractivity contribution in [3.8, 4) is 0 Å². The van der Waals surface area contributed by atoms with Crippen LogP contribution < -0.4 is 0 Å². The van der Waals surface area contributed by atoms with Gasteiger partial charge in [-0.2, -0.15) is 0 Å². The molecule has 1 N–H and O–H groups in total. The number of nitrogens with zero attached hydrogens (tertiary/aromatic N) is 1. The summed E-state index contributed by atoms with van der Waals surface area (Å²) in [6, 6.07) is 58.0. The molecule has 1 saturated carbocycles. The fourth-order valence-electron chi connectivity index (χ4n) is 8.40. The van der Waals surface area contributed by atoms with Crippen LogP contribution in [0, 0.1) is 5.92 Å². The van der Waals surface area contributed by atoms with E-state index < -0.39 is 23.9 Å². The molecule has 0 aliphatic heterocycles. The topological polar surface area (TPSA) is 62.1 Å². The van der Waals surface area contributed by atoms with E-state index in [2.05, 4.69) is 109 Å². The van der Waals surface area contributed by atoms with Crippen LogP contribution in [0.4, 0.5) is 0 Å². The largest absolute Gasteiger partial charge is 0.382 e. The molecule has 1 aromatic heterocycles. The molecule has 0 bridgehead atoms. The Morgan fingerprint density at radius 3 is 1.59 bits per heavy atom. The lowest BCUT2D eigenvalue weighted by molar-refractivity contribution is -0.260. The summed E-state index contributed by atoms with van der Waals surface area (Å²) in [5, 5.41) is 14.7. The zero-order valence-electron chi connectivity index (χ0n) is 33.2. The Morgan fingerprint density at radius 1 is 0.534 bits per heavy atom. The molecule has 8 rings (SSSR count). The lowest BCUT2D eigenvalue weighted by Gasteiger charge is -2.50. The van der Waals surface area contributed by atoms with Crippen LogP contribution in [0.3, 0.4) is 0 Å². The second kappa shape index (κ2) is 18.9. The quantitative estimate of drug-likeness (QED) is 0.0999. The fraction of sp³-hybridized carbons (Fsp3) is 0.269. The first-order chi connectivity index (χ1) is 28.6. The van der Waals surface area contributed by atoms with Gasteiger partial charge in [0.25, 0.3) is 0 Å². The number of hydrogen-bond donors (Lipinski definition) is 1. The molecule has 1 aliphatic carbocycles. The smallest absolute Gasteiger partial charge is 0.121 e. The lowest BCUT2D eigenvalue weighted by atomic mass is 9.69. The first-order valence-electron chi connectivity index (χ1n) is 20.5. The van der Waals surface area contributed by atoms with Crippen molar-refractivity contribution in [1.29, 1.82) is 0 Å². The minimum Gasteiger partial charge on any atom is -0.382 e. The highest BCUT2D eigenvalue weighted by molar-refractivity contribution is 5.85. The number of hydrogen-bond acceptors (Lipinski definition) is 5. The van der Waals surface area contributed by atoms with E-state index in [-0.39, 0.29) is 5.92 Å². The highest BCUT2D eigenvalue weighted by Gasteiger charge is 2.56. The van der Waals surface area contributed by atoms with Gasteiger partial charge in [0.2, 0.25) is 0 Å². The van der Waals surface area contributed by atoms with Gasteiger partial charge in [0.1, 0.15) is 17.8 Å². The molecule has 0 spiro atoms. The van der Waals surface area contributed by atoms with Crippen molar-refractivity contribution in [3.05, 3.63) is 215 Å². The molecule has 0 radical (unpaired) electrons. The average molecular weight is 772 g/mol. The predicted octanol–water partition coefficient (Wildman–Crippen LogP) is 10.4. The van der Waals surface area contributed by atoms with E-state index in [0.29, 0.717) is 46.0 Å². The van der Waals surface area contributed by atoms with E-state index in [1.807, 2.05) is 78.9 Å². The first kappa shape index (κ1) is 39.5. The van der Waals surface area contributed by atoms with Crippen LogP contribution in [-0.2, 0) is 63.9 Å². The summed E-state index contributed by atoms with van der Waals surface area (Å²) < 4.78 is 29.9. The average Bonchev–Trinajstić information content (AvgIpc) is 3.65. The van der Waals surface area contributed by atoms with E-state index >= 15 is 0 Å².